The Bertz CT molecular complexity index is 564. The van der Waals surface area contributed by atoms with Gasteiger partial charge in [-0.3, -0.25) is 9.69 Å². The lowest BCUT2D eigenvalue weighted by Gasteiger charge is -2.18. The summed E-state index contributed by atoms with van der Waals surface area (Å²) in [4.78, 5) is 18.1. The Hall–Kier alpha value is -1.76. The van der Waals surface area contributed by atoms with Crippen LogP contribution in [0.15, 0.2) is 36.9 Å². The van der Waals surface area contributed by atoms with Crippen molar-refractivity contribution in [2.24, 2.45) is 0 Å². The Kier molecular flexibility index (Phi) is 5.23. The molecule has 1 amide bonds. The predicted octanol–water partition coefficient (Wildman–Crippen LogP) is 1.72. The molecular weight excluding hydrogens is 274 g/mol. The molecular formula is C14H17N3O2S. The minimum absolute atomic E-state index is 0.0161. The smallest absolute Gasteiger partial charge is 0.240 e. The van der Waals surface area contributed by atoms with Crippen LogP contribution in [0.3, 0.4) is 0 Å². The van der Waals surface area contributed by atoms with Gasteiger partial charge in [-0.25, -0.2) is 4.98 Å². The van der Waals surface area contributed by atoms with Crippen molar-refractivity contribution in [3.05, 3.63) is 36.9 Å². The number of amides is 1. The van der Waals surface area contributed by atoms with E-state index in [0.29, 0.717) is 18.2 Å². The number of carbonyl (C=O) groups excluding carboxylic acids is 1. The van der Waals surface area contributed by atoms with Crippen molar-refractivity contribution in [2.75, 3.05) is 31.6 Å². The number of fused-ring (bicyclic) bond motifs is 1. The monoisotopic (exact) mass is 291 g/mol. The molecule has 0 aliphatic carbocycles. The van der Waals surface area contributed by atoms with E-state index >= 15 is 0 Å². The number of thiazole rings is 1. The fourth-order valence-electron chi connectivity index (χ4n) is 1.85. The summed E-state index contributed by atoms with van der Waals surface area (Å²) in [5.74, 6) is -0.139. The first kappa shape index (κ1) is 14.6. The van der Waals surface area contributed by atoms with E-state index in [-0.39, 0.29) is 19.1 Å². The van der Waals surface area contributed by atoms with Crippen molar-refractivity contribution in [2.45, 2.75) is 0 Å². The Labute approximate surface area is 121 Å². The fraction of sp³-hybridized carbons (Fsp3) is 0.286. The van der Waals surface area contributed by atoms with Crippen molar-refractivity contribution in [1.82, 2.24) is 9.88 Å². The third-order valence-electron chi connectivity index (χ3n) is 2.71. The highest BCUT2D eigenvalue weighted by molar-refractivity contribution is 7.22. The molecule has 0 radical (unpaired) electrons. The molecule has 0 saturated heterocycles. The lowest BCUT2D eigenvalue weighted by Crippen LogP contribution is -2.35. The number of anilines is 1. The predicted molar refractivity (Wildman–Crippen MR) is 82.0 cm³/mol. The van der Waals surface area contributed by atoms with Gasteiger partial charge in [0, 0.05) is 13.1 Å². The van der Waals surface area contributed by atoms with E-state index < -0.39 is 0 Å². The van der Waals surface area contributed by atoms with Gasteiger partial charge >= 0.3 is 0 Å². The maximum Gasteiger partial charge on any atom is 0.240 e. The van der Waals surface area contributed by atoms with Gasteiger partial charge in [0.05, 0.1) is 23.4 Å². The van der Waals surface area contributed by atoms with Crippen LogP contribution in [0.25, 0.3) is 10.2 Å². The minimum atomic E-state index is -0.139. The highest BCUT2D eigenvalue weighted by Gasteiger charge is 2.11. The second-order valence-electron chi connectivity index (χ2n) is 4.28. The molecule has 1 aromatic heterocycles. The normalized spacial score (nSPS) is 10.9. The number of rotatable bonds is 7. The maximum atomic E-state index is 11.9. The second-order valence-corrected chi connectivity index (χ2v) is 5.31. The molecule has 5 nitrogen and oxygen atoms in total. The summed E-state index contributed by atoms with van der Waals surface area (Å²) < 4.78 is 1.04. The summed E-state index contributed by atoms with van der Waals surface area (Å²) >= 11 is 1.45. The summed E-state index contributed by atoms with van der Waals surface area (Å²) in [6.45, 7) is 4.87. The number of para-hydroxylation sites is 1. The van der Waals surface area contributed by atoms with Gasteiger partial charge in [0.1, 0.15) is 0 Å². The lowest BCUT2D eigenvalue weighted by molar-refractivity contribution is -0.117. The van der Waals surface area contributed by atoms with E-state index in [1.165, 1.54) is 11.3 Å². The molecule has 2 rings (SSSR count). The van der Waals surface area contributed by atoms with Gasteiger partial charge < -0.3 is 10.4 Å². The molecule has 0 spiro atoms. The highest BCUT2D eigenvalue weighted by atomic mass is 32.1. The van der Waals surface area contributed by atoms with Crippen molar-refractivity contribution < 1.29 is 9.90 Å². The zero-order valence-corrected chi connectivity index (χ0v) is 11.9. The average molecular weight is 291 g/mol. The number of nitrogens with one attached hydrogen (secondary N) is 1. The van der Waals surface area contributed by atoms with Crippen LogP contribution in [0.1, 0.15) is 0 Å². The van der Waals surface area contributed by atoms with Crippen LogP contribution in [0.5, 0.6) is 0 Å². The van der Waals surface area contributed by atoms with Gasteiger partial charge in [-0.05, 0) is 12.1 Å². The molecule has 2 N–H and O–H groups in total. The summed E-state index contributed by atoms with van der Waals surface area (Å²) in [6, 6.07) is 7.75. The van der Waals surface area contributed by atoms with Crippen LogP contribution in [0, 0.1) is 0 Å². The standard InChI is InChI=1S/C14H17N3O2S/c1-2-7-17(8-9-18)10-13(19)16-14-15-11-5-3-4-6-12(11)20-14/h2-6,18H,1,7-10H2,(H,15,16,19). The van der Waals surface area contributed by atoms with Gasteiger partial charge in [0.2, 0.25) is 5.91 Å². The molecule has 0 saturated carbocycles. The first-order chi connectivity index (χ1) is 9.72. The molecule has 2 aromatic rings. The number of aliphatic hydroxyl groups is 1. The van der Waals surface area contributed by atoms with Crippen LogP contribution in [-0.4, -0.2) is 47.1 Å². The first-order valence-electron chi connectivity index (χ1n) is 6.32. The third-order valence-corrected chi connectivity index (χ3v) is 3.66. The molecule has 106 valence electrons. The molecule has 20 heavy (non-hydrogen) atoms. The second kappa shape index (κ2) is 7.14. The topological polar surface area (TPSA) is 65.5 Å². The Morgan fingerprint density at radius 3 is 3.00 bits per heavy atom. The zero-order chi connectivity index (χ0) is 14.4. The van der Waals surface area contributed by atoms with Crippen molar-refractivity contribution in [3.63, 3.8) is 0 Å². The number of benzene rings is 1. The highest BCUT2D eigenvalue weighted by Crippen LogP contribution is 2.25. The van der Waals surface area contributed by atoms with E-state index in [9.17, 15) is 4.79 Å². The van der Waals surface area contributed by atoms with E-state index in [2.05, 4.69) is 16.9 Å². The molecule has 0 unspecified atom stereocenters. The Morgan fingerprint density at radius 1 is 1.50 bits per heavy atom. The van der Waals surface area contributed by atoms with E-state index in [1.54, 1.807) is 6.08 Å². The molecule has 0 atom stereocenters. The number of aliphatic hydroxyl groups excluding tert-OH is 1. The van der Waals surface area contributed by atoms with Crippen LogP contribution < -0.4 is 5.32 Å². The van der Waals surface area contributed by atoms with E-state index in [4.69, 9.17) is 5.11 Å². The SMILES string of the molecule is C=CCN(CCO)CC(=O)Nc1nc2ccccc2s1. The van der Waals surface area contributed by atoms with E-state index in [0.717, 1.165) is 10.2 Å². The Balaban J connectivity index is 1.97. The molecule has 1 aromatic carbocycles. The first-order valence-corrected chi connectivity index (χ1v) is 7.14. The quantitative estimate of drug-likeness (QED) is 0.762. The number of nitrogens with zero attached hydrogens (tertiary/aromatic N) is 2. The van der Waals surface area contributed by atoms with Gasteiger partial charge in [-0.1, -0.05) is 29.5 Å². The van der Waals surface area contributed by atoms with Crippen molar-refractivity contribution in [3.8, 4) is 0 Å². The third kappa shape index (κ3) is 3.86. The largest absolute Gasteiger partial charge is 0.395 e. The van der Waals surface area contributed by atoms with E-state index in [1.807, 2.05) is 29.2 Å². The summed E-state index contributed by atoms with van der Waals surface area (Å²) in [5.41, 5.74) is 0.881. The minimum Gasteiger partial charge on any atom is -0.395 e. The Morgan fingerprint density at radius 2 is 2.30 bits per heavy atom. The summed E-state index contributed by atoms with van der Waals surface area (Å²) in [5, 5.41) is 12.3. The van der Waals surface area contributed by atoms with Gasteiger partial charge in [0.25, 0.3) is 0 Å². The van der Waals surface area contributed by atoms with Crippen LogP contribution in [-0.2, 0) is 4.79 Å². The number of carbonyl (C=O) groups is 1. The molecule has 0 bridgehead atoms. The summed E-state index contributed by atoms with van der Waals surface area (Å²) in [6.07, 6.45) is 1.71. The maximum absolute atomic E-state index is 11.9. The van der Waals surface area contributed by atoms with Gasteiger partial charge in [-0.15, -0.1) is 6.58 Å². The fourth-order valence-corrected chi connectivity index (χ4v) is 2.73. The van der Waals surface area contributed by atoms with Crippen molar-refractivity contribution >= 4 is 32.6 Å². The zero-order valence-electron chi connectivity index (χ0n) is 11.1. The molecule has 1 heterocycles. The lowest BCUT2D eigenvalue weighted by atomic mass is 10.3. The van der Waals surface area contributed by atoms with Gasteiger partial charge in [0.15, 0.2) is 5.13 Å². The molecule has 0 fully saturated rings. The van der Waals surface area contributed by atoms with Crippen LogP contribution in [0.4, 0.5) is 5.13 Å². The number of hydrogen-bond acceptors (Lipinski definition) is 5. The average Bonchev–Trinajstić information content (AvgIpc) is 2.81. The van der Waals surface area contributed by atoms with Gasteiger partial charge in [-0.2, -0.15) is 0 Å². The molecule has 0 aliphatic rings. The van der Waals surface area contributed by atoms with Crippen molar-refractivity contribution in [1.29, 1.82) is 0 Å². The number of hydrogen-bond donors (Lipinski definition) is 2. The summed E-state index contributed by atoms with van der Waals surface area (Å²) in [7, 11) is 0. The number of aromatic nitrogens is 1. The van der Waals surface area contributed by atoms with Crippen LogP contribution in [0.2, 0.25) is 0 Å². The van der Waals surface area contributed by atoms with Crippen LogP contribution >= 0.6 is 11.3 Å². The molecule has 0 aliphatic heterocycles. The molecule has 6 heteroatoms.